The zero-order valence-corrected chi connectivity index (χ0v) is 9.62. The molecule has 0 spiro atoms. The van der Waals surface area contributed by atoms with E-state index < -0.39 is 0 Å². The average molecular weight is 209 g/mol. The molecule has 0 radical (unpaired) electrons. The predicted molar refractivity (Wildman–Crippen MR) is 60.8 cm³/mol. The highest BCUT2D eigenvalue weighted by molar-refractivity contribution is 5.45. The molecule has 0 saturated carbocycles. The van der Waals surface area contributed by atoms with Crippen LogP contribution in [0.3, 0.4) is 0 Å². The monoisotopic (exact) mass is 209 g/mol. The number of hydrogen-bond donors (Lipinski definition) is 2. The predicted octanol–water partition coefficient (Wildman–Crippen LogP) is 1.91. The maximum Gasteiger partial charge on any atom is 0.131 e. The molecule has 0 amide bonds. The number of anilines is 1. The maximum atomic E-state index is 9.19. The summed E-state index contributed by atoms with van der Waals surface area (Å²) in [5.41, 5.74) is 1.52. The lowest BCUT2D eigenvalue weighted by Crippen LogP contribution is -2.08. The molecule has 0 saturated heterocycles. The van der Waals surface area contributed by atoms with E-state index in [1.165, 1.54) is 0 Å². The molecule has 1 aromatic rings. The van der Waals surface area contributed by atoms with E-state index in [-0.39, 0.29) is 12.5 Å². The van der Waals surface area contributed by atoms with Crippen molar-refractivity contribution in [3.63, 3.8) is 0 Å². The van der Waals surface area contributed by atoms with Gasteiger partial charge in [-0.3, -0.25) is 0 Å². The van der Waals surface area contributed by atoms with Crippen LogP contribution in [0.2, 0.25) is 0 Å². The first-order chi connectivity index (χ1) is 7.19. The summed E-state index contributed by atoms with van der Waals surface area (Å²) >= 11 is 0. The van der Waals surface area contributed by atoms with Gasteiger partial charge in [0.05, 0.1) is 24.2 Å². The van der Waals surface area contributed by atoms with Crippen molar-refractivity contribution in [2.75, 3.05) is 11.9 Å². The van der Waals surface area contributed by atoms with Gasteiger partial charge in [0.1, 0.15) is 5.82 Å². The van der Waals surface area contributed by atoms with Crippen molar-refractivity contribution in [2.45, 2.75) is 39.7 Å². The Morgan fingerprint density at radius 2 is 2.20 bits per heavy atom. The fourth-order valence-corrected chi connectivity index (χ4v) is 1.24. The summed E-state index contributed by atoms with van der Waals surface area (Å²) in [5, 5.41) is 12.4. The highest BCUT2D eigenvalue weighted by atomic mass is 16.3. The third kappa shape index (κ3) is 3.16. The Hall–Kier alpha value is -1.16. The number of hydrogen-bond acceptors (Lipinski definition) is 4. The summed E-state index contributed by atoms with van der Waals surface area (Å²) in [4.78, 5) is 8.57. The Labute approximate surface area is 90.8 Å². The van der Waals surface area contributed by atoms with E-state index in [9.17, 15) is 5.11 Å². The normalized spacial score (nSPS) is 10.7. The molecule has 0 aliphatic heterocycles. The van der Waals surface area contributed by atoms with Crippen molar-refractivity contribution in [2.24, 2.45) is 0 Å². The smallest absolute Gasteiger partial charge is 0.131 e. The minimum absolute atomic E-state index is 0.0473. The summed E-state index contributed by atoms with van der Waals surface area (Å²) in [6.07, 6.45) is 2.79. The van der Waals surface area contributed by atoms with Crippen molar-refractivity contribution in [3.05, 3.63) is 17.7 Å². The molecule has 1 rings (SSSR count). The summed E-state index contributed by atoms with van der Waals surface area (Å²) in [6, 6.07) is 0. The summed E-state index contributed by atoms with van der Waals surface area (Å²) in [7, 11) is 0. The van der Waals surface area contributed by atoms with Gasteiger partial charge < -0.3 is 10.4 Å². The summed E-state index contributed by atoms with van der Waals surface area (Å²) in [5.74, 6) is 1.07. The largest absolute Gasteiger partial charge is 0.390 e. The van der Waals surface area contributed by atoms with E-state index in [2.05, 4.69) is 22.2 Å². The van der Waals surface area contributed by atoms with Crippen molar-refractivity contribution in [1.82, 2.24) is 9.97 Å². The zero-order chi connectivity index (χ0) is 11.3. The molecule has 1 heterocycles. The van der Waals surface area contributed by atoms with Gasteiger partial charge >= 0.3 is 0 Å². The van der Waals surface area contributed by atoms with Crippen molar-refractivity contribution in [3.8, 4) is 0 Å². The molecule has 0 aliphatic rings. The van der Waals surface area contributed by atoms with Gasteiger partial charge in [-0.2, -0.15) is 0 Å². The Morgan fingerprint density at radius 1 is 1.47 bits per heavy atom. The minimum Gasteiger partial charge on any atom is -0.390 e. The Balaban J connectivity index is 2.88. The van der Waals surface area contributed by atoms with Gasteiger partial charge in [0.15, 0.2) is 0 Å². The molecule has 0 aromatic carbocycles. The SMILES string of the molecule is CCCNc1cnc(C(C)C)nc1CO. The molecule has 2 N–H and O–H groups in total. The average Bonchev–Trinajstić information content (AvgIpc) is 2.25. The van der Waals surface area contributed by atoms with E-state index in [0.29, 0.717) is 5.69 Å². The second-order valence-electron chi connectivity index (χ2n) is 3.83. The van der Waals surface area contributed by atoms with E-state index in [1.807, 2.05) is 13.8 Å². The first-order valence-corrected chi connectivity index (χ1v) is 5.39. The number of aliphatic hydroxyl groups is 1. The van der Waals surface area contributed by atoms with Crippen molar-refractivity contribution < 1.29 is 5.11 Å². The number of nitrogens with zero attached hydrogens (tertiary/aromatic N) is 2. The Kier molecular flexibility index (Phi) is 4.49. The fraction of sp³-hybridized carbons (Fsp3) is 0.636. The lowest BCUT2D eigenvalue weighted by atomic mass is 10.2. The van der Waals surface area contributed by atoms with Crippen LogP contribution in [0.5, 0.6) is 0 Å². The number of rotatable bonds is 5. The topological polar surface area (TPSA) is 58.0 Å². The maximum absolute atomic E-state index is 9.19. The van der Waals surface area contributed by atoms with Crippen LogP contribution in [0.15, 0.2) is 6.20 Å². The summed E-state index contributed by atoms with van der Waals surface area (Å²) in [6.45, 7) is 6.99. The van der Waals surface area contributed by atoms with Crippen molar-refractivity contribution >= 4 is 5.69 Å². The zero-order valence-electron chi connectivity index (χ0n) is 9.62. The molecule has 0 aliphatic carbocycles. The molecule has 4 nitrogen and oxygen atoms in total. The molecular formula is C11H19N3O. The van der Waals surface area contributed by atoms with Gasteiger partial charge in [-0.05, 0) is 6.42 Å². The van der Waals surface area contributed by atoms with Crippen LogP contribution in [0.1, 0.15) is 44.6 Å². The quantitative estimate of drug-likeness (QED) is 0.777. The van der Waals surface area contributed by atoms with E-state index in [4.69, 9.17) is 0 Å². The number of aliphatic hydroxyl groups excluding tert-OH is 1. The molecule has 4 heteroatoms. The van der Waals surface area contributed by atoms with Gasteiger partial charge in [-0.15, -0.1) is 0 Å². The highest BCUT2D eigenvalue weighted by Crippen LogP contribution is 2.16. The van der Waals surface area contributed by atoms with E-state index in [1.54, 1.807) is 6.20 Å². The van der Waals surface area contributed by atoms with Crippen LogP contribution in [-0.2, 0) is 6.61 Å². The second-order valence-corrected chi connectivity index (χ2v) is 3.83. The number of nitrogens with one attached hydrogen (secondary N) is 1. The van der Waals surface area contributed by atoms with E-state index >= 15 is 0 Å². The minimum atomic E-state index is -0.0473. The Bertz CT molecular complexity index is 313. The molecule has 84 valence electrons. The Morgan fingerprint density at radius 3 is 2.73 bits per heavy atom. The van der Waals surface area contributed by atoms with Gasteiger partial charge in [-0.25, -0.2) is 9.97 Å². The van der Waals surface area contributed by atoms with Gasteiger partial charge in [0.2, 0.25) is 0 Å². The van der Waals surface area contributed by atoms with Crippen LogP contribution < -0.4 is 5.32 Å². The van der Waals surface area contributed by atoms with E-state index in [0.717, 1.165) is 24.5 Å². The molecule has 0 atom stereocenters. The third-order valence-electron chi connectivity index (χ3n) is 2.12. The number of aromatic nitrogens is 2. The van der Waals surface area contributed by atoms with Crippen LogP contribution in [0.4, 0.5) is 5.69 Å². The second kappa shape index (κ2) is 5.66. The van der Waals surface area contributed by atoms with Gasteiger partial charge in [0.25, 0.3) is 0 Å². The van der Waals surface area contributed by atoms with Gasteiger partial charge in [0, 0.05) is 12.5 Å². The molecule has 15 heavy (non-hydrogen) atoms. The molecule has 0 unspecified atom stereocenters. The summed E-state index contributed by atoms with van der Waals surface area (Å²) < 4.78 is 0. The molecule has 0 fully saturated rings. The highest BCUT2D eigenvalue weighted by Gasteiger charge is 2.08. The fourth-order valence-electron chi connectivity index (χ4n) is 1.24. The first-order valence-electron chi connectivity index (χ1n) is 5.39. The molecule has 0 bridgehead atoms. The van der Waals surface area contributed by atoms with Crippen LogP contribution in [0, 0.1) is 0 Å². The third-order valence-corrected chi connectivity index (χ3v) is 2.12. The van der Waals surface area contributed by atoms with Gasteiger partial charge in [-0.1, -0.05) is 20.8 Å². The van der Waals surface area contributed by atoms with Crippen LogP contribution in [-0.4, -0.2) is 21.6 Å². The lowest BCUT2D eigenvalue weighted by molar-refractivity contribution is 0.276. The van der Waals surface area contributed by atoms with Crippen LogP contribution >= 0.6 is 0 Å². The van der Waals surface area contributed by atoms with Crippen molar-refractivity contribution in [1.29, 1.82) is 0 Å². The van der Waals surface area contributed by atoms with Crippen LogP contribution in [0.25, 0.3) is 0 Å². The first kappa shape index (κ1) is 11.9. The molecule has 1 aromatic heterocycles. The standard InChI is InChI=1S/C11H19N3O/c1-4-5-12-9-6-13-11(8(2)3)14-10(9)7-15/h6,8,12,15H,4-5,7H2,1-3H3. The lowest BCUT2D eigenvalue weighted by Gasteiger charge is -2.11. The molecular weight excluding hydrogens is 190 g/mol.